The molecule has 0 N–H and O–H groups in total. The predicted molar refractivity (Wildman–Crippen MR) is 84.5 cm³/mol. The number of ether oxygens (including phenoxy) is 1. The molecule has 5 nitrogen and oxygen atoms in total. The minimum atomic E-state index is -0.138. The maximum absolute atomic E-state index is 12.8. The first-order valence-corrected chi connectivity index (χ1v) is 8.20. The number of benzene rings is 1. The van der Waals surface area contributed by atoms with E-state index in [4.69, 9.17) is 20.8 Å². The summed E-state index contributed by atoms with van der Waals surface area (Å²) in [6.45, 7) is 1.59. The van der Waals surface area contributed by atoms with Crippen molar-refractivity contribution in [2.75, 3.05) is 19.7 Å². The van der Waals surface area contributed by atoms with Gasteiger partial charge in [0, 0.05) is 17.5 Å². The van der Waals surface area contributed by atoms with E-state index in [1.165, 1.54) is 6.39 Å². The van der Waals surface area contributed by atoms with Crippen LogP contribution in [0.1, 0.15) is 46.7 Å². The number of morpholine rings is 1. The van der Waals surface area contributed by atoms with Crippen LogP contribution in [-0.4, -0.2) is 35.5 Å². The molecular weight excluding hydrogens is 316 g/mol. The lowest BCUT2D eigenvalue weighted by atomic mass is 10.1. The van der Waals surface area contributed by atoms with Crippen LogP contribution >= 0.6 is 11.6 Å². The molecule has 1 aliphatic heterocycles. The average Bonchev–Trinajstić information content (AvgIpc) is 3.32. The molecule has 0 bridgehead atoms. The molecule has 2 fully saturated rings. The molecule has 1 aliphatic carbocycles. The molecule has 2 aliphatic rings. The summed E-state index contributed by atoms with van der Waals surface area (Å²) in [6, 6.07) is 7.55. The minimum Gasteiger partial charge on any atom is -0.447 e. The number of aromatic nitrogens is 1. The van der Waals surface area contributed by atoms with E-state index >= 15 is 0 Å². The lowest BCUT2D eigenvalue weighted by Crippen LogP contribution is -2.42. The molecule has 4 rings (SSSR count). The number of oxazole rings is 1. The summed E-state index contributed by atoms with van der Waals surface area (Å²) < 4.78 is 11.2. The number of amides is 1. The number of halogens is 1. The molecule has 0 radical (unpaired) electrons. The number of carbonyl (C=O) groups is 1. The van der Waals surface area contributed by atoms with E-state index < -0.39 is 0 Å². The van der Waals surface area contributed by atoms with E-state index in [0.29, 0.717) is 36.3 Å². The Morgan fingerprint density at radius 3 is 2.78 bits per heavy atom. The standard InChI is InChI=1S/C17H17ClN2O3/c18-13-5-3-11(4-6-13)14-9-20(7-8-22-14)17(21)15-16(12-1-2-12)23-10-19-15/h3-6,10,12,14H,1-2,7-9H2. The summed E-state index contributed by atoms with van der Waals surface area (Å²) >= 11 is 5.93. The fourth-order valence-corrected chi connectivity index (χ4v) is 3.04. The Balaban J connectivity index is 1.51. The molecule has 120 valence electrons. The quantitative estimate of drug-likeness (QED) is 0.864. The Bertz CT molecular complexity index is 709. The van der Waals surface area contributed by atoms with Crippen LogP contribution in [-0.2, 0) is 4.74 Å². The van der Waals surface area contributed by atoms with E-state index in [1.807, 2.05) is 24.3 Å². The topological polar surface area (TPSA) is 55.6 Å². The van der Waals surface area contributed by atoms with Crippen molar-refractivity contribution in [1.29, 1.82) is 0 Å². The first-order valence-electron chi connectivity index (χ1n) is 7.82. The van der Waals surface area contributed by atoms with Gasteiger partial charge < -0.3 is 14.1 Å². The molecule has 0 spiro atoms. The second-order valence-electron chi connectivity index (χ2n) is 6.00. The van der Waals surface area contributed by atoms with Gasteiger partial charge in [0.05, 0.1) is 13.2 Å². The summed E-state index contributed by atoms with van der Waals surface area (Å²) in [4.78, 5) is 18.7. The highest BCUT2D eigenvalue weighted by atomic mass is 35.5. The number of carbonyl (C=O) groups excluding carboxylic acids is 1. The summed E-state index contributed by atoms with van der Waals surface area (Å²) in [5, 5.41) is 0.689. The Kier molecular flexibility index (Phi) is 3.83. The van der Waals surface area contributed by atoms with Crippen LogP contribution in [0.25, 0.3) is 0 Å². The smallest absolute Gasteiger partial charge is 0.276 e. The van der Waals surface area contributed by atoms with Gasteiger partial charge in [-0.3, -0.25) is 4.79 Å². The van der Waals surface area contributed by atoms with Gasteiger partial charge in [0.15, 0.2) is 12.1 Å². The van der Waals surface area contributed by atoms with E-state index in [0.717, 1.165) is 24.2 Å². The zero-order valence-electron chi connectivity index (χ0n) is 12.6. The van der Waals surface area contributed by atoms with Crippen LogP contribution in [0.2, 0.25) is 5.02 Å². The van der Waals surface area contributed by atoms with Crippen LogP contribution in [0.3, 0.4) is 0 Å². The van der Waals surface area contributed by atoms with Crippen LogP contribution in [0.5, 0.6) is 0 Å². The minimum absolute atomic E-state index is 0.0667. The molecule has 23 heavy (non-hydrogen) atoms. The van der Waals surface area contributed by atoms with Gasteiger partial charge in [0.2, 0.25) is 0 Å². The maximum atomic E-state index is 12.8. The third kappa shape index (κ3) is 2.99. The van der Waals surface area contributed by atoms with Crippen molar-refractivity contribution in [1.82, 2.24) is 9.88 Å². The average molecular weight is 333 g/mol. The first kappa shape index (κ1) is 14.7. The summed E-state index contributed by atoms with van der Waals surface area (Å²) in [5.74, 6) is 1.04. The van der Waals surface area contributed by atoms with Crippen molar-refractivity contribution in [2.45, 2.75) is 24.9 Å². The normalized spacial score (nSPS) is 21.4. The Hall–Kier alpha value is -1.85. The summed E-state index contributed by atoms with van der Waals surface area (Å²) in [6.07, 6.45) is 3.39. The number of rotatable bonds is 3. The van der Waals surface area contributed by atoms with Gasteiger partial charge in [-0.2, -0.15) is 0 Å². The van der Waals surface area contributed by atoms with E-state index in [9.17, 15) is 4.79 Å². The number of hydrogen-bond donors (Lipinski definition) is 0. The zero-order chi connectivity index (χ0) is 15.8. The molecule has 1 atom stereocenters. The van der Waals surface area contributed by atoms with Crippen LogP contribution < -0.4 is 0 Å². The molecule has 1 aromatic carbocycles. The fraction of sp³-hybridized carbons (Fsp3) is 0.412. The van der Waals surface area contributed by atoms with Crippen molar-refractivity contribution in [3.63, 3.8) is 0 Å². The Morgan fingerprint density at radius 2 is 2.04 bits per heavy atom. The second kappa shape index (κ2) is 5.98. The van der Waals surface area contributed by atoms with Crippen molar-refractivity contribution in [3.8, 4) is 0 Å². The van der Waals surface area contributed by atoms with E-state index in [1.54, 1.807) is 4.90 Å². The highest BCUT2D eigenvalue weighted by molar-refractivity contribution is 6.30. The third-order valence-corrected chi connectivity index (χ3v) is 4.59. The van der Waals surface area contributed by atoms with Gasteiger partial charge in [-0.1, -0.05) is 23.7 Å². The lowest BCUT2D eigenvalue weighted by molar-refractivity contribution is -0.0230. The zero-order valence-corrected chi connectivity index (χ0v) is 13.3. The molecule has 1 saturated carbocycles. The highest BCUT2D eigenvalue weighted by Crippen LogP contribution is 2.41. The fourth-order valence-electron chi connectivity index (χ4n) is 2.91. The molecule has 2 aromatic rings. The van der Waals surface area contributed by atoms with Crippen LogP contribution in [0.15, 0.2) is 35.1 Å². The maximum Gasteiger partial charge on any atom is 0.276 e. The monoisotopic (exact) mass is 332 g/mol. The van der Waals surface area contributed by atoms with Crippen LogP contribution in [0.4, 0.5) is 0 Å². The van der Waals surface area contributed by atoms with Gasteiger partial charge in [0.25, 0.3) is 5.91 Å². The Labute approximate surface area is 139 Å². The van der Waals surface area contributed by atoms with Gasteiger partial charge in [-0.25, -0.2) is 4.98 Å². The molecule has 2 heterocycles. The number of nitrogens with zero attached hydrogens (tertiary/aromatic N) is 2. The third-order valence-electron chi connectivity index (χ3n) is 4.34. The van der Waals surface area contributed by atoms with Crippen molar-refractivity contribution in [2.24, 2.45) is 0 Å². The number of hydrogen-bond acceptors (Lipinski definition) is 4. The van der Waals surface area contributed by atoms with Gasteiger partial charge in [-0.15, -0.1) is 0 Å². The van der Waals surface area contributed by atoms with Crippen molar-refractivity contribution >= 4 is 17.5 Å². The molecule has 1 amide bonds. The molecule has 1 aromatic heterocycles. The highest BCUT2D eigenvalue weighted by Gasteiger charge is 2.35. The summed E-state index contributed by atoms with van der Waals surface area (Å²) in [5.41, 5.74) is 1.48. The first-order chi connectivity index (χ1) is 11.2. The van der Waals surface area contributed by atoms with E-state index in [-0.39, 0.29) is 12.0 Å². The van der Waals surface area contributed by atoms with Crippen LogP contribution in [0, 0.1) is 0 Å². The van der Waals surface area contributed by atoms with Gasteiger partial charge in [0.1, 0.15) is 11.9 Å². The van der Waals surface area contributed by atoms with E-state index in [2.05, 4.69) is 4.98 Å². The van der Waals surface area contributed by atoms with Crippen molar-refractivity contribution < 1.29 is 13.9 Å². The molecule has 1 unspecified atom stereocenters. The largest absolute Gasteiger partial charge is 0.447 e. The molecule has 1 saturated heterocycles. The molecular formula is C17H17ClN2O3. The Morgan fingerprint density at radius 1 is 1.26 bits per heavy atom. The van der Waals surface area contributed by atoms with Gasteiger partial charge in [-0.05, 0) is 30.5 Å². The SMILES string of the molecule is O=C(c1ncoc1C1CC1)N1CCOC(c2ccc(Cl)cc2)C1. The lowest BCUT2D eigenvalue weighted by Gasteiger charge is -2.33. The predicted octanol–water partition coefficient (Wildman–Crippen LogP) is 3.42. The summed E-state index contributed by atoms with van der Waals surface area (Å²) in [7, 11) is 0. The van der Waals surface area contributed by atoms with Gasteiger partial charge >= 0.3 is 0 Å². The molecule has 6 heteroatoms. The second-order valence-corrected chi connectivity index (χ2v) is 6.44. The van der Waals surface area contributed by atoms with Crippen molar-refractivity contribution in [3.05, 3.63) is 52.7 Å².